The average molecular weight is 306 g/mol. The number of para-hydroxylation sites is 2. The summed E-state index contributed by atoms with van der Waals surface area (Å²) in [5.41, 5.74) is 0. The Labute approximate surface area is 118 Å². The van der Waals surface area contributed by atoms with Crippen LogP contribution in [0.1, 0.15) is 0 Å². The maximum atomic E-state index is 12.2. The van der Waals surface area contributed by atoms with Gasteiger partial charge in [0.25, 0.3) is 0 Å². The maximum Gasteiger partial charge on any atom is 0.573 e. The highest BCUT2D eigenvalue weighted by atomic mass is 19.4. The predicted molar refractivity (Wildman–Crippen MR) is 65.8 cm³/mol. The highest BCUT2D eigenvalue weighted by Crippen LogP contribution is 2.31. The number of esters is 1. The molecule has 1 atom stereocenters. The van der Waals surface area contributed by atoms with Crippen LogP contribution in [0.25, 0.3) is 0 Å². The lowest BCUT2D eigenvalue weighted by Gasteiger charge is -2.16. The Hall–Kier alpha value is -2.22. The van der Waals surface area contributed by atoms with Gasteiger partial charge in [-0.1, -0.05) is 18.7 Å². The Morgan fingerprint density at radius 2 is 1.90 bits per heavy atom. The first-order valence-electron chi connectivity index (χ1n) is 5.76. The minimum Gasteiger partial charge on any atom is -0.487 e. The molecule has 0 aliphatic heterocycles. The first-order chi connectivity index (χ1) is 9.81. The van der Waals surface area contributed by atoms with E-state index in [1.807, 2.05) is 0 Å². The second-order valence-electron chi connectivity index (χ2n) is 3.79. The molecule has 8 heteroatoms. The molecule has 0 fully saturated rings. The van der Waals surface area contributed by atoms with Crippen LogP contribution in [-0.2, 0) is 9.53 Å². The molecule has 0 radical (unpaired) electrons. The van der Waals surface area contributed by atoms with Crippen molar-refractivity contribution < 1.29 is 37.3 Å². The number of carbonyl (C=O) groups excluding carboxylic acids is 1. The van der Waals surface area contributed by atoms with E-state index in [0.717, 1.165) is 12.1 Å². The third kappa shape index (κ3) is 6.66. The molecule has 1 unspecified atom stereocenters. The van der Waals surface area contributed by atoms with Crippen LogP contribution in [0, 0.1) is 0 Å². The van der Waals surface area contributed by atoms with Crippen molar-refractivity contribution in [1.29, 1.82) is 0 Å². The monoisotopic (exact) mass is 306 g/mol. The number of ether oxygens (including phenoxy) is 3. The van der Waals surface area contributed by atoms with E-state index in [9.17, 15) is 23.1 Å². The lowest BCUT2D eigenvalue weighted by molar-refractivity contribution is -0.275. The Morgan fingerprint density at radius 3 is 2.48 bits per heavy atom. The minimum atomic E-state index is -4.85. The van der Waals surface area contributed by atoms with Gasteiger partial charge in [-0.05, 0) is 12.1 Å². The van der Waals surface area contributed by atoms with Gasteiger partial charge in [0, 0.05) is 6.08 Å². The van der Waals surface area contributed by atoms with E-state index in [4.69, 9.17) is 4.74 Å². The Balaban J connectivity index is 2.55. The first kappa shape index (κ1) is 16.8. The van der Waals surface area contributed by atoms with Crippen LogP contribution in [0.3, 0.4) is 0 Å². The second kappa shape index (κ2) is 7.53. The van der Waals surface area contributed by atoms with Gasteiger partial charge in [-0.3, -0.25) is 0 Å². The Morgan fingerprint density at radius 1 is 1.29 bits per heavy atom. The summed E-state index contributed by atoms with van der Waals surface area (Å²) >= 11 is 0. The quantitative estimate of drug-likeness (QED) is 0.617. The molecule has 21 heavy (non-hydrogen) atoms. The molecule has 0 aliphatic rings. The normalized spacial score (nSPS) is 12.4. The molecule has 0 saturated carbocycles. The topological polar surface area (TPSA) is 65.0 Å². The number of alkyl halides is 3. The lowest BCUT2D eigenvalue weighted by atomic mass is 10.3. The van der Waals surface area contributed by atoms with E-state index in [1.165, 1.54) is 18.2 Å². The fourth-order valence-corrected chi connectivity index (χ4v) is 1.25. The zero-order valence-corrected chi connectivity index (χ0v) is 10.8. The molecule has 1 N–H and O–H groups in total. The van der Waals surface area contributed by atoms with Crippen LogP contribution in [-0.4, -0.2) is 36.8 Å². The number of benzene rings is 1. The molecule has 0 heterocycles. The van der Waals surface area contributed by atoms with Gasteiger partial charge in [-0.15, -0.1) is 13.2 Å². The number of hydrogen-bond donors (Lipinski definition) is 1. The van der Waals surface area contributed by atoms with Crippen LogP contribution >= 0.6 is 0 Å². The van der Waals surface area contributed by atoms with Crippen LogP contribution < -0.4 is 9.47 Å². The highest BCUT2D eigenvalue weighted by Gasteiger charge is 2.32. The van der Waals surface area contributed by atoms with Gasteiger partial charge >= 0.3 is 12.3 Å². The molecule has 1 aromatic carbocycles. The highest BCUT2D eigenvalue weighted by molar-refractivity contribution is 5.81. The van der Waals surface area contributed by atoms with Crippen LogP contribution in [0.4, 0.5) is 13.2 Å². The number of hydrogen-bond acceptors (Lipinski definition) is 5. The van der Waals surface area contributed by atoms with E-state index in [2.05, 4.69) is 16.1 Å². The molecule has 0 saturated heterocycles. The molecular weight excluding hydrogens is 293 g/mol. The number of carbonyl (C=O) groups is 1. The van der Waals surface area contributed by atoms with Crippen molar-refractivity contribution in [1.82, 2.24) is 0 Å². The van der Waals surface area contributed by atoms with Crippen molar-refractivity contribution in [2.24, 2.45) is 0 Å². The lowest BCUT2D eigenvalue weighted by Crippen LogP contribution is -2.25. The molecule has 0 aromatic heterocycles. The Bertz CT molecular complexity index is 487. The fourth-order valence-electron chi connectivity index (χ4n) is 1.25. The summed E-state index contributed by atoms with van der Waals surface area (Å²) in [5.74, 6) is -1.45. The smallest absolute Gasteiger partial charge is 0.487 e. The van der Waals surface area contributed by atoms with E-state index >= 15 is 0 Å². The average Bonchev–Trinajstić information content (AvgIpc) is 2.42. The van der Waals surface area contributed by atoms with Gasteiger partial charge in [-0.2, -0.15) is 0 Å². The number of aliphatic hydroxyl groups is 1. The number of halogens is 3. The summed E-state index contributed by atoms with van der Waals surface area (Å²) in [7, 11) is 0. The summed E-state index contributed by atoms with van der Waals surface area (Å²) in [5, 5.41) is 9.48. The van der Waals surface area contributed by atoms with Crippen LogP contribution in [0.15, 0.2) is 36.9 Å². The molecule has 0 bridgehead atoms. The van der Waals surface area contributed by atoms with Gasteiger partial charge < -0.3 is 19.3 Å². The van der Waals surface area contributed by atoms with Gasteiger partial charge in [-0.25, -0.2) is 4.79 Å². The van der Waals surface area contributed by atoms with E-state index in [1.54, 1.807) is 0 Å². The molecule has 1 aromatic rings. The molecule has 0 aliphatic carbocycles. The third-order valence-corrected chi connectivity index (χ3v) is 2.09. The van der Waals surface area contributed by atoms with Crippen molar-refractivity contribution >= 4 is 5.97 Å². The van der Waals surface area contributed by atoms with E-state index in [0.29, 0.717) is 0 Å². The fraction of sp³-hybridized carbons (Fsp3) is 0.308. The minimum absolute atomic E-state index is 0.191. The zero-order chi connectivity index (χ0) is 15.9. The van der Waals surface area contributed by atoms with Crippen molar-refractivity contribution in [3.05, 3.63) is 36.9 Å². The summed E-state index contributed by atoms with van der Waals surface area (Å²) in [6.07, 6.45) is -5.13. The van der Waals surface area contributed by atoms with Crippen molar-refractivity contribution in [3.63, 3.8) is 0 Å². The summed E-state index contributed by atoms with van der Waals surface area (Å²) in [4.78, 5) is 10.8. The molecule has 0 amide bonds. The zero-order valence-electron chi connectivity index (χ0n) is 10.8. The molecule has 5 nitrogen and oxygen atoms in total. The number of aliphatic hydroxyl groups excluding tert-OH is 1. The van der Waals surface area contributed by atoms with Crippen molar-refractivity contribution in [2.45, 2.75) is 12.5 Å². The number of rotatable bonds is 7. The van der Waals surface area contributed by atoms with Crippen molar-refractivity contribution in [2.75, 3.05) is 13.2 Å². The van der Waals surface area contributed by atoms with E-state index in [-0.39, 0.29) is 19.0 Å². The van der Waals surface area contributed by atoms with Gasteiger partial charge in [0.2, 0.25) is 0 Å². The maximum absolute atomic E-state index is 12.2. The second-order valence-corrected chi connectivity index (χ2v) is 3.79. The van der Waals surface area contributed by atoms with Gasteiger partial charge in [0.15, 0.2) is 11.5 Å². The SMILES string of the molecule is C=CC(=O)OCC(O)COc1ccccc1OC(F)(F)F. The first-order valence-corrected chi connectivity index (χ1v) is 5.76. The van der Waals surface area contributed by atoms with Gasteiger partial charge in [0.05, 0.1) is 0 Å². The van der Waals surface area contributed by atoms with Crippen molar-refractivity contribution in [3.8, 4) is 11.5 Å². The predicted octanol–water partition coefficient (Wildman–Crippen LogP) is 2.05. The van der Waals surface area contributed by atoms with Crippen LogP contribution in [0.5, 0.6) is 11.5 Å². The molecular formula is C13H13F3O5. The third-order valence-electron chi connectivity index (χ3n) is 2.09. The largest absolute Gasteiger partial charge is 0.573 e. The summed E-state index contributed by atoms with van der Waals surface area (Å²) < 4.78 is 49.9. The molecule has 0 spiro atoms. The van der Waals surface area contributed by atoms with Crippen LogP contribution in [0.2, 0.25) is 0 Å². The Kier molecular flexibility index (Phi) is 6.04. The molecule has 116 valence electrons. The van der Waals surface area contributed by atoms with E-state index < -0.39 is 24.2 Å². The molecule has 1 rings (SSSR count). The van der Waals surface area contributed by atoms with Gasteiger partial charge in [0.1, 0.15) is 19.3 Å². The standard InChI is InChI=1S/C13H13F3O5/c1-2-12(18)20-8-9(17)7-19-10-5-3-4-6-11(10)21-13(14,15)16/h2-6,9,17H,1,7-8H2. The summed E-state index contributed by atoms with van der Waals surface area (Å²) in [6.45, 7) is 2.43. The summed E-state index contributed by atoms with van der Waals surface area (Å²) in [6, 6.07) is 5.12.